The zero-order valence-corrected chi connectivity index (χ0v) is 20.3. The van der Waals surface area contributed by atoms with Gasteiger partial charge < -0.3 is 14.4 Å². The van der Waals surface area contributed by atoms with E-state index in [1.807, 2.05) is 48.6 Å². The molecule has 0 aliphatic rings. The van der Waals surface area contributed by atoms with Gasteiger partial charge in [-0.3, -0.25) is 0 Å². The van der Waals surface area contributed by atoms with Crippen molar-refractivity contribution in [3.05, 3.63) is 95.6 Å². The van der Waals surface area contributed by atoms with Crippen molar-refractivity contribution in [2.75, 3.05) is 20.2 Å². The van der Waals surface area contributed by atoms with Crippen molar-refractivity contribution in [3.63, 3.8) is 0 Å². The molecule has 0 spiro atoms. The quantitative estimate of drug-likeness (QED) is 0.186. The van der Waals surface area contributed by atoms with Crippen LogP contribution in [0.3, 0.4) is 0 Å². The molecule has 0 heterocycles. The van der Waals surface area contributed by atoms with Crippen LogP contribution < -0.4 is 9.47 Å². The van der Waals surface area contributed by atoms with E-state index in [2.05, 4.69) is 69.6 Å². The number of hydrogen-bond acceptors (Lipinski definition) is 3. The second-order valence-corrected chi connectivity index (χ2v) is 8.26. The van der Waals surface area contributed by atoms with Crippen molar-refractivity contribution < 1.29 is 9.47 Å². The minimum atomic E-state index is 0.157. The Kier molecular flexibility index (Phi) is 8.31. The molecule has 1 atom stereocenters. The standard InChI is InChI=1S/C29H34N2O2/c1-7-16-32-28-15-10-9-14-26(28)23(5)24-12-11-13-25(19-24)33-29-18-21(3)27(17-22(29)4)30-20-31(6)8-2/h7,9-15,17-20,23H,1,8,16H2,2-6H3. The van der Waals surface area contributed by atoms with Crippen LogP contribution in [0.4, 0.5) is 5.69 Å². The summed E-state index contributed by atoms with van der Waals surface area (Å²) in [6, 6.07) is 20.5. The predicted molar refractivity (Wildman–Crippen MR) is 139 cm³/mol. The van der Waals surface area contributed by atoms with Gasteiger partial charge in [-0.2, -0.15) is 0 Å². The van der Waals surface area contributed by atoms with Crippen LogP contribution in [-0.2, 0) is 0 Å². The van der Waals surface area contributed by atoms with Crippen molar-refractivity contribution in [3.8, 4) is 17.2 Å². The van der Waals surface area contributed by atoms with E-state index in [1.54, 1.807) is 6.08 Å². The van der Waals surface area contributed by atoms with Crippen LogP contribution in [0.5, 0.6) is 17.2 Å². The molecule has 4 heteroatoms. The summed E-state index contributed by atoms with van der Waals surface area (Å²) in [5.41, 5.74) is 5.39. The van der Waals surface area contributed by atoms with Crippen molar-refractivity contribution in [2.45, 2.75) is 33.6 Å². The first-order valence-electron chi connectivity index (χ1n) is 11.4. The number of aliphatic imine (C=N–C) groups is 1. The number of hydrogen-bond donors (Lipinski definition) is 0. The number of rotatable bonds is 10. The van der Waals surface area contributed by atoms with E-state index in [4.69, 9.17) is 9.47 Å². The summed E-state index contributed by atoms with van der Waals surface area (Å²) in [7, 11) is 2.02. The van der Waals surface area contributed by atoms with Gasteiger partial charge in [-0.05, 0) is 67.8 Å². The maximum Gasteiger partial charge on any atom is 0.130 e. The Hall–Kier alpha value is -3.53. The summed E-state index contributed by atoms with van der Waals surface area (Å²) < 4.78 is 12.2. The molecule has 3 aromatic carbocycles. The largest absolute Gasteiger partial charge is 0.489 e. The third-order valence-electron chi connectivity index (χ3n) is 5.71. The second-order valence-electron chi connectivity index (χ2n) is 8.26. The third-order valence-corrected chi connectivity index (χ3v) is 5.71. The molecule has 3 rings (SSSR count). The highest BCUT2D eigenvalue weighted by molar-refractivity contribution is 5.64. The number of benzene rings is 3. The van der Waals surface area contributed by atoms with E-state index < -0.39 is 0 Å². The Morgan fingerprint density at radius 3 is 2.55 bits per heavy atom. The Bertz CT molecular complexity index is 1120. The van der Waals surface area contributed by atoms with Gasteiger partial charge in [0.05, 0.1) is 12.0 Å². The van der Waals surface area contributed by atoms with Crippen molar-refractivity contribution in [1.29, 1.82) is 0 Å². The van der Waals surface area contributed by atoms with E-state index >= 15 is 0 Å². The summed E-state index contributed by atoms with van der Waals surface area (Å²) in [6.45, 7) is 13.6. The molecule has 4 nitrogen and oxygen atoms in total. The Morgan fingerprint density at radius 2 is 1.79 bits per heavy atom. The highest BCUT2D eigenvalue weighted by atomic mass is 16.5. The first kappa shape index (κ1) is 24.1. The predicted octanol–water partition coefficient (Wildman–Crippen LogP) is 7.42. The van der Waals surface area contributed by atoms with Crippen LogP contribution in [0.25, 0.3) is 0 Å². The summed E-state index contributed by atoms with van der Waals surface area (Å²) in [4.78, 5) is 6.66. The number of nitrogens with zero attached hydrogens (tertiary/aromatic N) is 2. The minimum absolute atomic E-state index is 0.157. The molecule has 1 unspecified atom stereocenters. The van der Waals surface area contributed by atoms with Crippen molar-refractivity contribution in [1.82, 2.24) is 4.90 Å². The highest BCUT2D eigenvalue weighted by Gasteiger charge is 2.15. The highest BCUT2D eigenvalue weighted by Crippen LogP contribution is 2.35. The first-order valence-corrected chi connectivity index (χ1v) is 11.4. The van der Waals surface area contributed by atoms with Crippen LogP contribution >= 0.6 is 0 Å². The van der Waals surface area contributed by atoms with Gasteiger partial charge >= 0.3 is 0 Å². The van der Waals surface area contributed by atoms with E-state index in [0.717, 1.165) is 46.2 Å². The molecule has 0 saturated carbocycles. The molecule has 0 bridgehead atoms. The molecule has 0 aliphatic heterocycles. The summed E-state index contributed by atoms with van der Waals surface area (Å²) in [5, 5.41) is 0. The SMILES string of the molecule is C=CCOc1ccccc1C(C)c1cccc(Oc2cc(C)c(N=CN(C)CC)cc2C)c1. The fraction of sp³-hybridized carbons (Fsp3) is 0.276. The molecule has 0 aromatic heterocycles. The molecule has 0 amide bonds. The van der Waals surface area contributed by atoms with Crippen LogP contribution in [0, 0.1) is 13.8 Å². The Balaban J connectivity index is 1.83. The number of para-hydroxylation sites is 1. The molecule has 0 saturated heterocycles. The van der Waals surface area contributed by atoms with Crippen molar-refractivity contribution in [2.24, 2.45) is 4.99 Å². The monoisotopic (exact) mass is 442 g/mol. The van der Waals surface area contributed by atoms with Gasteiger partial charge in [0.15, 0.2) is 0 Å². The lowest BCUT2D eigenvalue weighted by Crippen LogP contribution is -2.14. The average Bonchev–Trinajstić information content (AvgIpc) is 2.83. The zero-order valence-electron chi connectivity index (χ0n) is 20.3. The lowest BCUT2D eigenvalue weighted by Gasteiger charge is -2.18. The van der Waals surface area contributed by atoms with Crippen LogP contribution in [0.15, 0.2) is 78.3 Å². The Labute approximate surface area is 198 Å². The van der Waals surface area contributed by atoms with Gasteiger partial charge in [-0.25, -0.2) is 4.99 Å². The molecule has 3 aromatic rings. The first-order chi connectivity index (χ1) is 15.9. The second kappa shape index (κ2) is 11.4. The molecule has 0 radical (unpaired) electrons. The number of aryl methyl sites for hydroxylation is 2. The van der Waals surface area contributed by atoms with Gasteiger partial charge in [0.2, 0.25) is 0 Å². The summed E-state index contributed by atoms with van der Waals surface area (Å²) >= 11 is 0. The Morgan fingerprint density at radius 1 is 1.00 bits per heavy atom. The summed E-state index contributed by atoms with van der Waals surface area (Å²) in [5.74, 6) is 2.69. The maximum absolute atomic E-state index is 6.31. The van der Waals surface area contributed by atoms with Crippen LogP contribution in [0.1, 0.15) is 42.0 Å². The van der Waals surface area contributed by atoms with Gasteiger partial charge in [0.1, 0.15) is 23.9 Å². The zero-order chi connectivity index (χ0) is 23.8. The minimum Gasteiger partial charge on any atom is -0.489 e. The van der Waals surface area contributed by atoms with Gasteiger partial charge in [-0.15, -0.1) is 0 Å². The van der Waals surface area contributed by atoms with Crippen LogP contribution in [0.2, 0.25) is 0 Å². The molecule has 0 fully saturated rings. The normalized spacial score (nSPS) is 11.9. The number of ether oxygens (including phenoxy) is 2. The molecular formula is C29H34N2O2. The lowest BCUT2D eigenvalue weighted by molar-refractivity contribution is 0.358. The summed E-state index contributed by atoms with van der Waals surface area (Å²) in [6.07, 6.45) is 3.63. The van der Waals surface area contributed by atoms with Crippen molar-refractivity contribution >= 4 is 12.0 Å². The lowest BCUT2D eigenvalue weighted by atomic mass is 9.92. The van der Waals surface area contributed by atoms with Gasteiger partial charge in [0.25, 0.3) is 0 Å². The fourth-order valence-electron chi connectivity index (χ4n) is 3.54. The fourth-order valence-corrected chi connectivity index (χ4v) is 3.54. The van der Waals surface area contributed by atoms with E-state index in [0.29, 0.717) is 6.61 Å². The van der Waals surface area contributed by atoms with Gasteiger partial charge in [-0.1, -0.05) is 49.9 Å². The van der Waals surface area contributed by atoms with Crippen LogP contribution in [-0.4, -0.2) is 31.4 Å². The van der Waals surface area contributed by atoms with Gasteiger partial charge in [0, 0.05) is 25.1 Å². The molecule has 0 N–H and O–H groups in total. The van der Waals surface area contributed by atoms with E-state index in [9.17, 15) is 0 Å². The third kappa shape index (κ3) is 6.26. The molecule has 0 aliphatic carbocycles. The van der Waals surface area contributed by atoms with E-state index in [1.165, 1.54) is 5.56 Å². The molecular weight excluding hydrogens is 408 g/mol. The average molecular weight is 443 g/mol. The topological polar surface area (TPSA) is 34.1 Å². The molecule has 33 heavy (non-hydrogen) atoms. The van der Waals surface area contributed by atoms with E-state index in [-0.39, 0.29) is 5.92 Å². The maximum atomic E-state index is 6.31. The smallest absolute Gasteiger partial charge is 0.130 e. The molecule has 172 valence electrons.